The Labute approximate surface area is 180 Å². The minimum atomic E-state index is 0. The molecule has 4 atom stereocenters. The van der Waals surface area contributed by atoms with E-state index in [1.807, 2.05) is 32.1 Å². The molecule has 2 fully saturated rings. The molecule has 0 saturated carbocycles. The van der Waals surface area contributed by atoms with Gasteiger partial charge in [-0.2, -0.15) is 0 Å². The number of epoxide rings is 2. The first-order chi connectivity index (χ1) is 7.72. The number of hydrogen-bond donors (Lipinski definition) is 2. The van der Waals surface area contributed by atoms with Crippen molar-refractivity contribution >= 4 is 0 Å². The fourth-order valence-electron chi connectivity index (χ4n) is 1.26. The summed E-state index contributed by atoms with van der Waals surface area (Å²) in [6.07, 6.45) is 8.40. The van der Waals surface area contributed by atoms with Crippen molar-refractivity contribution in [1.29, 1.82) is 0 Å². The first-order valence-corrected chi connectivity index (χ1v) is 5.55. The van der Waals surface area contributed by atoms with Crippen molar-refractivity contribution < 1.29 is 108 Å². The summed E-state index contributed by atoms with van der Waals surface area (Å²) in [5, 5.41) is 16.7. The minimum absolute atomic E-state index is 0. The third kappa shape index (κ3) is 10.0. The van der Waals surface area contributed by atoms with Crippen molar-refractivity contribution in [3.63, 3.8) is 0 Å². The third-order valence-electron chi connectivity index (χ3n) is 2.37. The Morgan fingerprint density at radius 3 is 2.00 bits per heavy atom. The van der Waals surface area contributed by atoms with Gasteiger partial charge in [0.05, 0.1) is 19.3 Å². The first-order valence-electron chi connectivity index (χ1n) is 5.55. The van der Waals surface area contributed by atoms with Crippen molar-refractivity contribution in [3.8, 4) is 0 Å². The molecule has 2 heterocycles. The van der Waals surface area contributed by atoms with Crippen LogP contribution in [0.5, 0.6) is 0 Å². The molecule has 0 amide bonds. The van der Waals surface area contributed by atoms with E-state index in [2.05, 4.69) is 0 Å². The number of aliphatic hydroxyl groups is 2. The average Bonchev–Trinajstić information content (AvgIpc) is 3.16. The standard InChI is InChI=1S/2C6H10O2.2Ac/c1-5-6(8-5)3-2-4-7;1-2-3-5-6(4-7)8-5;;/h2*2-3,5-7H,4H2,1H3;;/b2*3-2+;;. The van der Waals surface area contributed by atoms with Gasteiger partial charge in [-0.05, 0) is 13.8 Å². The van der Waals surface area contributed by atoms with Crippen molar-refractivity contribution in [1.82, 2.24) is 0 Å². The van der Waals surface area contributed by atoms with Gasteiger partial charge in [-0.15, -0.1) is 0 Å². The molecule has 6 heteroatoms. The Hall–Kier alpha value is 2.20. The zero-order valence-corrected chi connectivity index (χ0v) is 20.4. The molecule has 4 unspecified atom stereocenters. The molecule has 0 bridgehead atoms. The van der Waals surface area contributed by atoms with Crippen LogP contribution in [-0.4, -0.2) is 47.8 Å². The van der Waals surface area contributed by atoms with Gasteiger partial charge in [-0.3, -0.25) is 0 Å². The van der Waals surface area contributed by atoms with E-state index < -0.39 is 0 Å². The Morgan fingerprint density at radius 1 is 1.06 bits per heavy atom. The van der Waals surface area contributed by atoms with E-state index in [0.29, 0.717) is 6.10 Å². The molecule has 98 valence electrons. The van der Waals surface area contributed by atoms with E-state index in [1.165, 1.54) is 0 Å². The topological polar surface area (TPSA) is 65.5 Å². The zero-order chi connectivity index (χ0) is 12.0. The van der Waals surface area contributed by atoms with Gasteiger partial charge in [0.25, 0.3) is 0 Å². The van der Waals surface area contributed by atoms with Crippen molar-refractivity contribution in [2.75, 3.05) is 13.2 Å². The monoisotopic (exact) mass is 682 g/mol. The SMILES string of the molecule is C/C=C/C1OC1CO.CC1OC1/C=C/CO.[Ac].[Ac]. The fraction of sp³-hybridized carbons (Fsp3) is 0.667. The summed E-state index contributed by atoms with van der Waals surface area (Å²) in [5.74, 6) is 0. The summed E-state index contributed by atoms with van der Waals surface area (Å²) in [5.41, 5.74) is 0. The molecular formula is C12H20Ac2O4. The van der Waals surface area contributed by atoms with Crippen LogP contribution in [0.1, 0.15) is 13.8 Å². The van der Waals surface area contributed by atoms with Gasteiger partial charge < -0.3 is 19.7 Å². The number of hydrogen-bond acceptors (Lipinski definition) is 4. The molecule has 0 aromatic heterocycles. The molecule has 2 aliphatic heterocycles. The van der Waals surface area contributed by atoms with Crippen LogP contribution in [0.2, 0.25) is 0 Å². The maximum absolute atomic E-state index is 8.44. The Bertz CT molecular complexity index is 258. The Balaban J connectivity index is 0. The Kier molecular flexibility index (Phi) is 16.1. The van der Waals surface area contributed by atoms with Crippen molar-refractivity contribution in [2.45, 2.75) is 38.3 Å². The molecule has 0 aromatic rings. The number of aliphatic hydroxyl groups excluding tert-OH is 2. The van der Waals surface area contributed by atoms with Gasteiger partial charge in [-0.1, -0.05) is 24.3 Å². The third-order valence-corrected chi connectivity index (χ3v) is 2.37. The molecule has 2 N–H and O–H groups in total. The molecule has 4 nitrogen and oxygen atoms in total. The smallest absolute Gasteiger partial charge is 0.111 e. The maximum atomic E-state index is 8.44. The molecule has 2 aliphatic rings. The molecule has 18 heavy (non-hydrogen) atoms. The van der Waals surface area contributed by atoms with E-state index >= 15 is 0 Å². The predicted octanol–water partition coefficient (Wildman–Crippen LogP) is 0.644. The molecule has 2 saturated heterocycles. The average molecular weight is 682 g/mol. The van der Waals surface area contributed by atoms with Crippen LogP contribution in [0, 0.1) is 88.1 Å². The van der Waals surface area contributed by atoms with Gasteiger partial charge in [0.2, 0.25) is 0 Å². The largest absolute Gasteiger partial charge is 0.394 e. The van der Waals surface area contributed by atoms with E-state index in [9.17, 15) is 0 Å². The zero-order valence-electron chi connectivity index (χ0n) is 10.9. The van der Waals surface area contributed by atoms with Crippen molar-refractivity contribution in [3.05, 3.63) is 24.3 Å². The maximum Gasteiger partial charge on any atom is 0.111 e. The van der Waals surface area contributed by atoms with Crippen LogP contribution in [0.4, 0.5) is 0 Å². The van der Waals surface area contributed by atoms with Gasteiger partial charge in [0.1, 0.15) is 18.3 Å². The van der Waals surface area contributed by atoms with E-state index in [-0.39, 0.29) is 120 Å². The van der Waals surface area contributed by atoms with Crippen molar-refractivity contribution in [2.24, 2.45) is 0 Å². The quantitative estimate of drug-likeness (QED) is 0.338. The molecule has 2 radical (unpaired) electrons. The second-order valence-electron chi connectivity index (χ2n) is 3.76. The van der Waals surface area contributed by atoms with Crippen LogP contribution in [0.25, 0.3) is 0 Å². The van der Waals surface area contributed by atoms with Crippen LogP contribution in [0.3, 0.4) is 0 Å². The fourth-order valence-corrected chi connectivity index (χ4v) is 1.26. The van der Waals surface area contributed by atoms with Gasteiger partial charge in [0, 0.05) is 88.1 Å². The van der Waals surface area contributed by atoms with Gasteiger partial charge in [0.15, 0.2) is 0 Å². The molecule has 2 rings (SSSR count). The summed E-state index contributed by atoms with van der Waals surface area (Å²) >= 11 is 0. The summed E-state index contributed by atoms with van der Waals surface area (Å²) in [7, 11) is 0. The number of allylic oxidation sites excluding steroid dienone is 1. The minimum Gasteiger partial charge on any atom is -0.394 e. The van der Waals surface area contributed by atoms with E-state index in [0.717, 1.165) is 0 Å². The molecule has 0 aliphatic carbocycles. The summed E-state index contributed by atoms with van der Waals surface area (Å²) in [6, 6.07) is 0. The van der Waals surface area contributed by atoms with E-state index in [4.69, 9.17) is 19.7 Å². The summed E-state index contributed by atoms with van der Waals surface area (Å²) in [4.78, 5) is 0. The Morgan fingerprint density at radius 2 is 1.67 bits per heavy atom. The second kappa shape index (κ2) is 12.9. The van der Waals surface area contributed by atoms with Gasteiger partial charge in [-0.25, -0.2) is 0 Å². The normalized spacial score (nSPS) is 32.2. The predicted molar refractivity (Wildman–Crippen MR) is 61.1 cm³/mol. The summed E-state index contributed by atoms with van der Waals surface area (Å²) in [6.45, 7) is 4.21. The van der Waals surface area contributed by atoms with Crippen LogP contribution in [-0.2, 0) is 9.47 Å². The molecule has 0 spiro atoms. The summed E-state index contributed by atoms with van der Waals surface area (Å²) < 4.78 is 9.99. The van der Waals surface area contributed by atoms with E-state index in [1.54, 1.807) is 6.08 Å². The van der Waals surface area contributed by atoms with Crippen LogP contribution < -0.4 is 0 Å². The van der Waals surface area contributed by atoms with Gasteiger partial charge >= 0.3 is 0 Å². The molecular weight excluding hydrogens is 662 g/mol. The second-order valence-corrected chi connectivity index (χ2v) is 3.76. The molecule has 0 aromatic carbocycles. The van der Waals surface area contributed by atoms with Crippen LogP contribution in [0.15, 0.2) is 24.3 Å². The number of rotatable bonds is 4. The first kappa shape index (κ1) is 22.5. The van der Waals surface area contributed by atoms with Crippen LogP contribution >= 0.6 is 0 Å². The number of ether oxygens (including phenoxy) is 2.